The average molecular weight is 297 g/mol. The van der Waals surface area contributed by atoms with E-state index in [1.54, 1.807) is 0 Å². The highest BCUT2D eigenvalue weighted by atomic mass is 16.5. The van der Waals surface area contributed by atoms with Crippen molar-refractivity contribution >= 4 is 17.8 Å². The Kier molecular flexibility index (Phi) is 5.53. The topological polar surface area (TPSA) is 122 Å². The third kappa shape index (κ3) is 4.37. The maximum Gasteiger partial charge on any atom is 0.326 e. The lowest BCUT2D eigenvalue weighted by Gasteiger charge is -2.14. The molecule has 21 heavy (non-hydrogen) atoms. The summed E-state index contributed by atoms with van der Waals surface area (Å²) in [4.78, 5) is 34.0. The van der Waals surface area contributed by atoms with Crippen molar-refractivity contribution in [1.29, 1.82) is 0 Å². The van der Waals surface area contributed by atoms with Crippen LogP contribution in [0, 0.1) is 0 Å². The number of methoxy groups -OCH3 is 2. The van der Waals surface area contributed by atoms with Crippen molar-refractivity contribution in [3.63, 3.8) is 0 Å². The predicted molar refractivity (Wildman–Crippen MR) is 70.2 cm³/mol. The summed E-state index contributed by atoms with van der Waals surface area (Å²) in [6.07, 6.45) is -0.519. The molecule has 114 valence electrons. The van der Waals surface area contributed by atoms with Crippen LogP contribution in [-0.4, -0.2) is 48.3 Å². The number of carboxylic acid groups (broad SMARTS) is 1. The zero-order chi connectivity index (χ0) is 16.0. The minimum atomic E-state index is -1.45. The van der Waals surface area contributed by atoms with Crippen LogP contribution in [0.3, 0.4) is 0 Å². The Labute approximate surface area is 120 Å². The SMILES string of the molecule is COC(=O)C[C@H](NC(=O)c1ccc(OC)cc1O)C(=O)O. The molecule has 0 bridgehead atoms. The quantitative estimate of drug-likeness (QED) is 0.638. The van der Waals surface area contributed by atoms with E-state index in [9.17, 15) is 19.5 Å². The Morgan fingerprint density at radius 3 is 2.43 bits per heavy atom. The van der Waals surface area contributed by atoms with E-state index in [-0.39, 0.29) is 11.3 Å². The molecule has 0 radical (unpaired) electrons. The highest BCUT2D eigenvalue weighted by molar-refractivity contribution is 5.99. The van der Waals surface area contributed by atoms with E-state index in [1.165, 1.54) is 25.3 Å². The number of nitrogens with one attached hydrogen (secondary N) is 1. The van der Waals surface area contributed by atoms with Gasteiger partial charge in [0.05, 0.1) is 26.2 Å². The molecule has 0 aliphatic heterocycles. The summed E-state index contributed by atoms with van der Waals surface area (Å²) < 4.78 is 9.22. The molecule has 1 rings (SSSR count). The van der Waals surface area contributed by atoms with Gasteiger partial charge in [-0.1, -0.05) is 0 Å². The van der Waals surface area contributed by atoms with Crippen molar-refractivity contribution in [3.8, 4) is 11.5 Å². The fraction of sp³-hybridized carbons (Fsp3) is 0.308. The lowest BCUT2D eigenvalue weighted by Crippen LogP contribution is -2.42. The van der Waals surface area contributed by atoms with Crippen molar-refractivity contribution in [3.05, 3.63) is 23.8 Å². The normalized spacial score (nSPS) is 11.3. The lowest BCUT2D eigenvalue weighted by molar-refractivity contribution is -0.147. The summed E-state index contributed by atoms with van der Waals surface area (Å²) in [5.74, 6) is -3.02. The third-order valence-electron chi connectivity index (χ3n) is 2.65. The molecule has 1 aromatic carbocycles. The number of benzene rings is 1. The van der Waals surface area contributed by atoms with Gasteiger partial charge in [-0.2, -0.15) is 0 Å². The number of aliphatic carboxylic acids is 1. The van der Waals surface area contributed by atoms with Crippen LogP contribution >= 0.6 is 0 Å². The Hall–Kier alpha value is -2.77. The molecular formula is C13H15NO7. The zero-order valence-electron chi connectivity index (χ0n) is 11.5. The van der Waals surface area contributed by atoms with Crippen LogP contribution in [0.2, 0.25) is 0 Å². The van der Waals surface area contributed by atoms with Crippen LogP contribution in [0.25, 0.3) is 0 Å². The number of phenols is 1. The fourth-order valence-corrected chi connectivity index (χ4v) is 1.52. The number of amides is 1. The smallest absolute Gasteiger partial charge is 0.326 e. The summed E-state index contributed by atoms with van der Waals surface area (Å²) in [6, 6.07) is 2.47. The highest BCUT2D eigenvalue weighted by Gasteiger charge is 2.25. The Morgan fingerprint density at radius 2 is 1.95 bits per heavy atom. The van der Waals surface area contributed by atoms with Crippen molar-refractivity contribution in [2.75, 3.05) is 14.2 Å². The second-order valence-corrected chi connectivity index (χ2v) is 4.03. The molecule has 1 aromatic rings. The molecule has 1 atom stereocenters. The maximum absolute atomic E-state index is 11.9. The minimum Gasteiger partial charge on any atom is -0.507 e. The number of esters is 1. The van der Waals surface area contributed by atoms with E-state index in [0.29, 0.717) is 5.75 Å². The number of carboxylic acids is 1. The van der Waals surface area contributed by atoms with Gasteiger partial charge in [-0.3, -0.25) is 9.59 Å². The number of phenolic OH excluding ortho intramolecular Hbond substituents is 1. The second-order valence-electron chi connectivity index (χ2n) is 4.03. The summed E-state index contributed by atoms with van der Waals surface area (Å²) in [5, 5.41) is 20.8. The van der Waals surface area contributed by atoms with Gasteiger partial charge >= 0.3 is 11.9 Å². The van der Waals surface area contributed by atoms with E-state index in [4.69, 9.17) is 9.84 Å². The third-order valence-corrected chi connectivity index (χ3v) is 2.65. The molecule has 0 saturated carbocycles. The molecule has 0 fully saturated rings. The summed E-state index contributed by atoms with van der Waals surface area (Å²) >= 11 is 0. The number of carbonyl (C=O) groups is 3. The molecule has 3 N–H and O–H groups in total. The Morgan fingerprint density at radius 1 is 1.29 bits per heavy atom. The van der Waals surface area contributed by atoms with E-state index < -0.39 is 30.3 Å². The highest BCUT2D eigenvalue weighted by Crippen LogP contribution is 2.23. The lowest BCUT2D eigenvalue weighted by atomic mass is 10.1. The van der Waals surface area contributed by atoms with Crippen molar-refractivity contribution in [1.82, 2.24) is 5.32 Å². The maximum atomic E-state index is 11.9. The second kappa shape index (κ2) is 7.13. The fourth-order valence-electron chi connectivity index (χ4n) is 1.52. The Balaban J connectivity index is 2.87. The summed E-state index contributed by atoms with van der Waals surface area (Å²) in [7, 11) is 2.50. The van der Waals surface area contributed by atoms with Crippen LogP contribution in [0.15, 0.2) is 18.2 Å². The molecular weight excluding hydrogens is 282 g/mol. The number of carbonyl (C=O) groups excluding carboxylic acids is 2. The van der Waals surface area contributed by atoms with Crippen molar-refractivity contribution < 1.29 is 34.1 Å². The van der Waals surface area contributed by atoms with Gasteiger partial charge in [-0.15, -0.1) is 0 Å². The molecule has 0 aliphatic carbocycles. The van der Waals surface area contributed by atoms with Crippen molar-refractivity contribution in [2.45, 2.75) is 12.5 Å². The Bertz CT molecular complexity index is 555. The number of hydrogen-bond acceptors (Lipinski definition) is 6. The predicted octanol–water partition coefficient (Wildman–Crippen LogP) is 0.147. The van der Waals surface area contributed by atoms with E-state index in [1.807, 2.05) is 0 Å². The summed E-state index contributed by atoms with van der Waals surface area (Å²) in [6.45, 7) is 0. The summed E-state index contributed by atoms with van der Waals surface area (Å²) in [5.41, 5.74) is -0.132. The molecule has 0 aromatic heterocycles. The van der Waals surface area contributed by atoms with Gasteiger partial charge in [-0.25, -0.2) is 4.79 Å². The molecule has 0 spiro atoms. The van der Waals surface area contributed by atoms with Gasteiger partial charge in [-0.05, 0) is 12.1 Å². The molecule has 0 unspecified atom stereocenters. The largest absolute Gasteiger partial charge is 0.507 e. The first-order chi connectivity index (χ1) is 9.88. The first kappa shape index (κ1) is 16.3. The number of rotatable bonds is 6. The molecule has 1 amide bonds. The van der Waals surface area contributed by atoms with Gasteiger partial charge in [0.2, 0.25) is 0 Å². The minimum absolute atomic E-state index is 0.132. The molecule has 8 heteroatoms. The van der Waals surface area contributed by atoms with Crippen molar-refractivity contribution in [2.24, 2.45) is 0 Å². The number of ether oxygens (including phenoxy) is 2. The average Bonchev–Trinajstić information content (AvgIpc) is 2.45. The van der Waals surface area contributed by atoms with Crippen LogP contribution in [0.4, 0.5) is 0 Å². The first-order valence-electron chi connectivity index (χ1n) is 5.86. The standard InChI is InChI=1S/C13H15NO7/c1-20-7-3-4-8(10(15)5-7)12(17)14-9(13(18)19)6-11(16)21-2/h3-5,9,15H,6H2,1-2H3,(H,14,17)(H,18,19)/t9-/m0/s1. The molecule has 0 saturated heterocycles. The van der Waals surface area contributed by atoms with Crippen LogP contribution < -0.4 is 10.1 Å². The number of hydrogen-bond donors (Lipinski definition) is 3. The van der Waals surface area contributed by atoms with E-state index in [2.05, 4.69) is 10.1 Å². The van der Waals surface area contributed by atoms with Gasteiger partial charge in [0.25, 0.3) is 5.91 Å². The van der Waals surface area contributed by atoms with Crippen LogP contribution in [-0.2, 0) is 14.3 Å². The monoisotopic (exact) mass is 297 g/mol. The van der Waals surface area contributed by atoms with Crippen LogP contribution in [0.1, 0.15) is 16.8 Å². The molecule has 0 heterocycles. The van der Waals surface area contributed by atoms with Crippen LogP contribution in [0.5, 0.6) is 11.5 Å². The van der Waals surface area contributed by atoms with Gasteiger partial charge in [0.1, 0.15) is 17.5 Å². The van der Waals surface area contributed by atoms with Gasteiger partial charge < -0.3 is 25.0 Å². The molecule has 8 nitrogen and oxygen atoms in total. The van der Waals surface area contributed by atoms with E-state index >= 15 is 0 Å². The van der Waals surface area contributed by atoms with Gasteiger partial charge in [0, 0.05) is 6.07 Å². The van der Waals surface area contributed by atoms with Gasteiger partial charge in [0.15, 0.2) is 0 Å². The molecule has 0 aliphatic rings. The number of aromatic hydroxyl groups is 1. The van der Waals surface area contributed by atoms with E-state index in [0.717, 1.165) is 7.11 Å². The first-order valence-corrected chi connectivity index (χ1v) is 5.86. The zero-order valence-corrected chi connectivity index (χ0v) is 11.5.